The van der Waals surface area contributed by atoms with E-state index in [1.54, 1.807) is 10.6 Å². The number of aromatic nitrogens is 3. The van der Waals surface area contributed by atoms with E-state index >= 15 is 0 Å². The van der Waals surface area contributed by atoms with Crippen LogP contribution in [-0.4, -0.2) is 20.3 Å². The van der Waals surface area contributed by atoms with Gasteiger partial charge in [-0.3, -0.25) is 9.36 Å². The second-order valence-corrected chi connectivity index (χ2v) is 4.50. The molecular weight excluding hydrogens is 274 g/mol. The Kier molecular flexibility index (Phi) is 4.47. The molecule has 5 nitrogen and oxygen atoms in total. The highest BCUT2D eigenvalue weighted by Crippen LogP contribution is 2.11. The van der Waals surface area contributed by atoms with Crippen LogP contribution < -0.4 is 4.74 Å². The lowest BCUT2D eigenvalue weighted by atomic mass is 10.3. The molecule has 0 N–H and O–H groups in total. The molecule has 0 spiro atoms. The topological polar surface area (TPSA) is 49.0 Å². The van der Waals surface area contributed by atoms with Crippen molar-refractivity contribution in [3.05, 3.63) is 53.6 Å². The normalized spacial score (nSPS) is 10.2. The highest BCUT2D eigenvalue weighted by Gasteiger charge is 2.12. The molecule has 0 saturated heterocycles. The predicted octanol–water partition coefficient (Wildman–Crippen LogP) is 2.84. The highest BCUT2D eigenvalue weighted by molar-refractivity contribution is 7.71. The summed E-state index contributed by atoms with van der Waals surface area (Å²) in [5.74, 6) is 1.11. The average molecular weight is 289 g/mol. The maximum Gasteiger partial charge on any atom is 0.246 e. The molecule has 20 heavy (non-hydrogen) atoms. The summed E-state index contributed by atoms with van der Waals surface area (Å²) < 4.78 is 8.92. The van der Waals surface area contributed by atoms with Crippen molar-refractivity contribution >= 4 is 18.1 Å². The Labute approximate surface area is 122 Å². The molecule has 0 fully saturated rings. The maximum absolute atomic E-state index is 11.5. The Morgan fingerprint density at radius 3 is 2.75 bits per heavy atom. The van der Waals surface area contributed by atoms with Gasteiger partial charge in [0.15, 0.2) is 5.82 Å². The van der Waals surface area contributed by atoms with Gasteiger partial charge in [-0.1, -0.05) is 24.3 Å². The molecule has 0 unspecified atom stereocenters. The predicted molar refractivity (Wildman–Crippen MR) is 78.3 cm³/mol. The molecule has 0 aliphatic rings. The summed E-state index contributed by atoms with van der Waals surface area (Å²) in [5, 5.41) is 4.20. The van der Waals surface area contributed by atoms with Gasteiger partial charge < -0.3 is 4.74 Å². The fourth-order valence-corrected chi connectivity index (χ4v) is 2.08. The summed E-state index contributed by atoms with van der Waals surface area (Å²) in [4.78, 5) is 11.5. The quantitative estimate of drug-likeness (QED) is 0.627. The van der Waals surface area contributed by atoms with Crippen molar-refractivity contribution in [3.8, 4) is 5.75 Å². The zero-order valence-corrected chi connectivity index (χ0v) is 12.0. The number of carbonyl (C=O) groups is 1. The number of rotatable bonds is 5. The Hall–Kier alpha value is -2.21. The van der Waals surface area contributed by atoms with Crippen molar-refractivity contribution in [1.82, 2.24) is 14.3 Å². The summed E-state index contributed by atoms with van der Waals surface area (Å²) in [6.45, 7) is 5.82. The van der Waals surface area contributed by atoms with Gasteiger partial charge in [-0.2, -0.15) is 4.68 Å². The van der Waals surface area contributed by atoms with Crippen LogP contribution in [0.3, 0.4) is 0 Å². The van der Waals surface area contributed by atoms with Crippen molar-refractivity contribution in [2.45, 2.75) is 20.1 Å². The van der Waals surface area contributed by atoms with E-state index in [0.29, 0.717) is 17.1 Å². The molecule has 2 rings (SSSR count). The van der Waals surface area contributed by atoms with E-state index in [4.69, 9.17) is 17.0 Å². The zero-order chi connectivity index (χ0) is 14.5. The molecule has 6 heteroatoms. The van der Waals surface area contributed by atoms with E-state index in [2.05, 4.69) is 11.7 Å². The Balaban J connectivity index is 2.26. The maximum atomic E-state index is 11.5. The van der Waals surface area contributed by atoms with Crippen LogP contribution in [0.1, 0.15) is 17.5 Å². The first kappa shape index (κ1) is 14.2. The van der Waals surface area contributed by atoms with Crippen LogP contribution in [0.25, 0.3) is 0 Å². The lowest BCUT2D eigenvalue weighted by Crippen LogP contribution is -2.08. The van der Waals surface area contributed by atoms with Crippen LogP contribution in [0, 0.1) is 4.77 Å². The summed E-state index contributed by atoms with van der Waals surface area (Å²) >= 11 is 5.22. The number of ether oxygens (including phenoxy) is 1. The highest BCUT2D eigenvalue weighted by atomic mass is 32.1. The van der Waals surface area contributed by atoms with E-state index in [1.807, 2.05) is 30.3 Å². The molecule has 0 radical (unpaired) electrons. The fraction of sp³-hybridized carbons (Fsp3) is 0.214. The number of carbonyl (C=O) groups excluding carboxylic acids is 1. The Morgan fingerprint density at radius 2 is 2.15 bits per heavy atom. The molecule has 0 amide bonds. The standard InChI is InChI=1S/C14H15N3O2S/c1-3-9-16-13(15-17(11(2)18)14(16)20)10-19-12-7-5-4-6-8-12/h3-8H,1,9-10H2,2H3. The average Bonchev–Trinajstić information content (AvgIpc) is 2.76. The van der Waals surface area contributed by atoms with Gasteiger partial charge in [0.25, 0.3) is 0 Å². The largest absolute Gasteiger partial charge is 0.486 e. The van der Waals surface area contributed by atoms with Gasteiger partial charge in [0, 0.05) is 13.5 Å². The molecule has 0 saturated carbocycles. The molecule has 0 aliphatic heterocycles. The fourth-order valence-electron chi connectivity index (χ4n) is 1.73. The Bertz CT molecular complexity index is 673. The molecule has 0 aliphatic carbocycles. The number of allylic oxidation sites excluding steroid dienone is 1. The Morgan fingerprint density at radius 1 is 1.45 bits per heavy atom. The third-order valence-corrected chi connectivity index (χ3v) is 3.05. The third kappa shape index (κ3) is 3.03. The molecular formula is C14H15N3O2S. The minimum absolute atomic E-state index is 0.223. The SMILES string of the molecule is C=CCn1c(COc2ccccc2)nn(C(C)=O)c1=S. The van der Waals surface area contributed by atoms with Crippen molar-refractivity contribution in [3.63, 3.8) is 0 Å². The minimum Gasteiger partial charge on any atom is -0.486 e. The number of benzene rings is 1. The van der Waals surface area contributed by atoms with Gasteiger partial charge in [0.2, 0.25) is 10.7 Å². The van der Waals surface area contributed by atoms with Crippen LogP contribution in [0.2, 0.25) is 0 Å². The smallest absolute Gasteiger partial charge is 0.246 e. The second kappa shape index (κ2) is 6.29. The molecule has 0 atom stereocenters. The lowest BCUT2D eigenvalue weighted by Gasteiger charge is -2.06. The van der Waals surface area contributed by atoms with Crippen molar-refractivity contribution in [1.29, 1.82) is 0 Å². The van der Waals surface area contributed by atoms with Gasteiger partial charge in [-0.05, 0) is 24.4 Å². The van der Waals surface area contributed by atoms with Crippen LogP contribution in [0.15, 0.2) is 43.0 Å². The van der Waals surface area contributed by atoms with E-state index in [9.17, 15) is 4.79 Å². The summed E-state index contributed by atoms with van der Waals surface area (Å²) in [6, 6.07) is 9.40. The molecule has 2 aromatic rings. The number of hydrogen-bond acceptors (Lipinski definition) is 4. The van der Waals surface area contributed by atoms with Crippen LogP contribution in [-0.2, 0) is 13.2 Å². The van der Waals surface area contributed by atoms with E-state index < -0.39 is 0 Å². The van der Waals surface area contributed by atoms with E-state index in [1.165, 1.54) is 11.6 Å². The van der Waals surface area contributed by atoms with Gasteiger partial charge in [0.1, 0.15) is 12.4 Å². The number of nitrogens with zero attached hydrogens (tertiary/aromatic N) is 3. The van der Waals surface area contributed by atoms with E-state index in [0.717, 1.165) is 5.75 Å². The summed E-state index contributed by atoms with van der Waals surface area (Å²) in [6.07, 6.45) is 1.70. The van der Waals surface area contributed by atoms with Crippen LogP contribution >= 0.6 is 12.2 Å². The van der Waals surface area contributed by atoms with Crippen LogP contribution in [0.4, 0.5) is 0 Å². The minimum atomic E-state index is -0.223. The summed E-state index contributed by atoms with van der Waals surface area (Å²) in [7, 11) is 0. The van der Waals surface area contributed by atoms with Crippen LogP contribution in [0.5, 0.6) is 5.75 Å². The first-order valence-electron chi connectivity index (χ1n) is 6.12. The van der Waals surface area contributed by atoms with E-state index in [-0.39, 0.29) is 12.5 Å². The van der Waals surface area contributed by atoms with Gasteiger partial charge >= 0.3 is 0 Å². The van der Waals surface area contributed by atoms with Gasteiger partial charge in [0.05, 0.1) is 0 Å². The zero-order valence-electron chi connectivity index (χ0n) is 11.2. The first-order valence-corrected chi connectivity index (χ1v) is 6.52. The molecule has 104 valence electrons. The molecule has 0 bridgehead atoms. The van der Waals surface area contributed by atoms with Crippen molar-refractivity contribution < 1.29 is 9.53 Å². The molecule has 1 heterocycles. The second-order valence-electron chi connectivity index (χ2n) is 4.13. The molecule has 1 aromatic heterocycles. The van der Waals surface area contributed by atoms with Crippen molar-refractivity contribution in [2.24, 2.45) is 0 Å². The monoisotopic (exact) mass is 289 g/mol. The third-order valence-electron chi connectivity index (χ3n) is 2.66. The lowest BCUT2D eigenvalue weighted by molar-refractivity contribution is 0.0917. The number of para-hydroxylation sites is 1. The van der Waals surface area contributed by atoms with Gasteiger partial charge in [-0.25, -0.2) is 0 Å². The van der Waals surface area contributed by atoms with Crippen molar-refractivity contribution in [2.75, 3.05) is 0 Å². The first-order chi connectivity index (χ1) is 9.63. The van der Waals surface area contributed by atoms with Gasteiger partial charge in [-0.15, -0.1) is 11.7 Å². The number of hydrogen-bond donors (Lipinski definition) is 0. The molecule has 1 aromatic carbocycles. The summed E-state index contributed by atoms with van der Waals surface area (Å²) in [5.41, 5.74) is 0.